The third-order valence-corrected chi connectivity index (χ3v) is 6.20. The molecule has 2 amide bonds. The van der Waals surface area contributed by atoms with Crippen molar-refractivity contribution in [2.75, 3.05) is 64.7 Å². The smallest absolute Gasteiger partial charge is 0.309 e. The number of fused-ring (bicyclic) bond motifs is 1. The van der Waals surface area contributed by atoms with Gasteiger partial charge in [-0.25, -0.2) is 4.39 Å². The summed E-state index contributed by atoms with van der Waals surface area (Å²) in [5.74, 6) is -0.263. The van der Waals surface area contributed by atoms with Gasteiger partial charge in [0.1, 0.15) is 5.82 Å². The number of methoxy groups -OCH3 is 1. The molecule has 2 aliphatic heterocycles. The minimum Gasteiger partial charge on any atom is -0.454 e. The van der Waals surface area contributed by atoms with E-state index in [-0.39, 0.29) is 25.2 Å². The highest BCUT2D eigenvalue weighted by molar-refractivity contribution is 6.35. The van der Waals surface area contributed by atoms with E-state index < -0.39 is 11.8 Å². The first-order chi connectivity index (χ1) is 17.1. The van der Waals surface area contributed by atoms with Gasteiger partial charge < -0.3 is 29.7 Å². The summed E-state index contributed by atoms with van der Waals surface area (Å²) in [4.78, 5) is 28.8. The Labute approximate surface area is 204 Å². The molecule has 35 heavy (non-hydrogen) atoms. The van der Waals surface area contributed by atoms with Crippen LogP contribution in [0.1, 0.15) is 18.0 Å². The van der Waals surface area contributed by atoms with Gasteiger partial charge in [-0.05, 0) is 36.2 Å². The number of carbonyl (C=O) groups is 2. The highest BCUT2D eigenvalue weighted by Crippen LogP contribution is 2.36. The first-order valence-corrected chi connectivity index (χ1v) is 11.7. The SMILES string of the molecule is COCCCNC(=O)C(=O)NC[C@H](c1ccc2c(c1)OCO2)N1CCN(c2ccccc2F)CC1. The van der Waals surface area contributed by atoms with E-state index >= 15 is 0 Å². The van der Waals surface area contributed by atoms with Crippen LogP contribution >= 0.6 is 0 Å². The zero-order valence-corrected chi connectivity index (χ0v) is 19.8. The summed E-state index contributed by atoms with van der Waals surface area (Å²) in [6, 6.07) is 12.3. The van der Waals surface area contributed by atoms with Crippen LogP contribution in [0.5, 0.6) is 11.5 Å². The van der Waals surface area contributed by atoms with Crippen molar-refractivity contribution in [1.82, 2.24) is 15.5 Å². The number of carbonyl (C=O) groups excluding carboxylic acids is 2. The number of anilines is 1. The molecule has 4 rings (SSSR count). The molecular weight excluding hydrogens is 455 g/mol. The number of benzene rings is 2. The molecule has 1 fully saturated rings. The van der Waals surface area contributed by atoms with Gasteiger partial charge >= 0.3 is 11.8 Å². The molecule has 1 saturated heterocycles. The number of piperazine rings is 1. The maximum Gasteiger partial charge on any atom is 0.309 e. The van der Waals surface area contributed by atoms with Gasteiger partial charge in [0.25, 0.3) is 0 Å². The van der Waals surface area contributed by atoms with Gasteiger partial charge in [-0.15, -0.1) is 0 Å². The van der Waals surface area contributed by atoms with Crippen LogP contribution in [-0.2, 0) is 14.3 Å². The summed E-state index contributed by atoms with van der Waals surface area (Å²) in [7, 11) is 1.58. The molecule has 188 valence electrons. The second kappa shape index (κ2) is 11.9. The topological polar surface area (TPSA) is 92.4 Å². The average molecular weight is 487 g/mol. The lowest BCUT2D eigenvalue weighted by atomic mass is 10.0. The van der Waals surface area contributed by atoms with Crippen molar-refractivity contribution in [3.05, 3.63) is 53.8 Å². The lowest BCUT2D eigenvalue weighted by Gasteiger charge is -2.40. The minimum atomic E-state index is -0.682. The van der Waals surface area contributed by atoms with E-state index in [1.165, 1.54) is 6.07 Å². The van der Waals surface area contributed by atoms with E-state index in [0.29, 0.717) is 62.9 Å². The van der Waals surface area contributed by atoms with Crippen LogP contribution in [0.3, 0.4) is 0 Å². The summed E-state index contributed by atoms with van der Waals surface area (Å²) >= 11 is 0. The minimum absolute atomic E-state index is 0.171. The van der Waals surface area contributed by atoms with Crippen LogP contribution < -0.4 is 25.0 Å². The number of nitrogens with one attached hydrogen (secondary N) is 2. The molecular formula is C25H31FN4O5. The highest BCUT2D eigenvalue weighted by atomic mass is 19.1. The molecule has 2 N–H and O–H groups in total. The molecule has 2 aromatic carbocycles. The quantitative estimate of drug-likeness (QED) is 0.412. The van der Waals surface area contributed by atoms with Crippen molar-refractivity contribution in [2.24, 2.45) is 0 Å². The van der Waals surface area contributed by atoms with E-state index in [0.717, 1.165) is 5.56 Å². The van der Waals surface area contributed by atoms with E-state index in [1.807, 2.05) is 29.2 Å². The fourth-order valence-electron chi connectivity index (χ4n) is 4.33. The van der Waals surface area contributed by atoms with Crippen molar-refractivity contribution in [2.45, 2.75) is 12.5 Å². The van der Waals surface area contributed by atoms with E-state index in [9.17, 15) is 14.0 Å². The summed E-state index contributed by atoms with van der Waals surface area (Å²) in [5.41, 5.74) is 1.53. The molecule has 2 heterocycles. The number of rotatable bonds is 9. The third kappa shape index (κ3) is 6.20. The van der Waals surface area contributed by atoms with Crippen molar-refractivity contribution in [1.29, 1.82) is 0 Å². The second-order valence-electron chi connectivity index (χ2n) is 8.42. The molecule has 0 aliphatic carbocycles. The van der Waals surface area contributed by atoms with Crippen LogP contribution in [0.4, 0.5) is 10.1 Å². The molecule has 0 saturated carbocycles. The van der Waals surface area contributed by atoms with Crippen LogP contribution in [0.25, 0.3) is 0 Å². The molecule has 10 heteroatoms. The Morgan fingerprint density at radius 1 is 1.03 bits per heavy atom. The first-order valence-electron chi connectivity index (χ1n) is 11.7. The lowest BCUT2D eigenvalue weighted by Crippen LogP contribution is -2.51. The predicted molar refractivity (Wildman–Crippen MR) is 128 cm³/mol. The van der Waals surface area contributed by atoms with Gasteiger partial charge in [0.05, 0.1) is 11.7 Å². The molecule has 1 atom stereocenters. The van der Waals surface area contributed by atoms with Gasteiger partial charge in [0, 0.05) is 53.0 Å². The molecule has 9 nitrogen and oxygen atoms in total. The molecule has 2 aromatic rings. The maximum absolute atomic E-state index is 14.3. The number of nitrogens with zero attached hydrogens (tertiary/aromatic N) is 2. The number of hydrogen-bond donors (Lipinski definition) is 2. The fraction of sp³-hybridized carbons (Fsp3) is 0.440. The van der Waals surface area contributed by atoms with Gasteiger partial charge in [0.15, 0.2) is 11.5 Å². The number of halogens is 1. The standard InChI is InChI=1S/C25H31FN4O5/c1-33-14-4-9-27-24(31)25(32)28-16-21(18-7-8-22-23(15-18)35-17-34-22)30-12-10-29(11-13-30)20-6-3-2-5-19(20)26/h2-3,5-8,15,21H,4,9-14,16-17H2,1H3,(H,27,31)(H,28,32)/t21-/m1/s1. The van der Waals surface area contributed by atoms with Crippen LogP contribution in [0.2, 0.25) is 0 Å². The van der Waals surface area contributed by atoms with Crippen LogP contribution in [-0.4, -0.2) is 76.5 Å². The van der Waals surface area contributed by atoms with Crippen molar-refractivity contribution in [3.8, 4) is 11.5 Å². The molecule has 0 radical (unpaired) electrons. The Hall–Kier alpha value is -3.37. The second-order valence-corrected chi connectivity index (χ2v) is 8.42. The third-order valence-electron chi connectivity index (χ3n) is 6.20. The number of hydrogen-bond acceptors (Lipinski definition) is 7. The zero-order chi connectivity index (χ0) is 24.6. The van der Waals surface area contributed by atoms with Gasteiger partial charge in [-0.3, -0.25) is 14.5 Å². The highest BCUT2D eigenvalue weighted by Gasteiger charge is 2.28. The Balaban J connectivity index is 1.42. The van der Waals surface area contributed by atoms with Gasteiger partial charge in [-0.1, -0.05) is 18.2 Å². The number of amides is 2. The van der Waals surface area contributed by atoms with E-state index in [4.69, 9.17) is 14.2 Å². The van der Waals surface area contributed by atoms with Crippen molar-refractivity contribution in [3.63, 3.8) is 0 Å². The van der Waals surface area contributed by atoms with Crippen LogP contribution in [0, 0.1) is 5.82 Å². The Bertz CT molecular complexity index is 1030. The normalized spacial score (nSPS) is 16.1. The summed E-state index contributed by atoms with van der Waals surface area (Å²) in [6.07, 6.45) is 0.627. The zero-order valence-electron chi connectivity index (χ0n) is 19.8. The lowest BCUT2D eigenvalue weighted by molar-refractivity contribution is -0.139. The van der Waals surface area contributed by atoms with Crippen molar-refractivity contribution < 1.29 is 28.2 Å². The summed E-state index contributed by atoms with van der Waals surface area (Å²) < 4.78 is 30.2. The van der Waals surface area contributed by atoms with E-state index in [2.05, 4.69) is 15.5 Å². The largest absolute Gasteiger partial charge is 0.454 e. The monoisotopic (exact) mass is 486 g/mol. The summed E-state index contributed by atoms with van der Waals surface area (Å²) in [5, 5.41) is 5.37. The van der Waals surface area contributed by atoms with E-state index in [1.54, 1.807) is 19.2 Å². The fourth-order valence-corrected chi connectivity index (χ4v) is 4.33. The van der Waals surface area contributed by atoms with Gasteiger partial charge in [0.2, 0.25) is 6.79 Å². The molecule has 0 bridgehead atoms. The maximum atomic E-state index is 14.3. The Morgan fingerprint density at radius 3 is 2.54 bits per heavy atom. The molecule has 0 spiro atoms. The summed E-state index contributed by atoms with van der Waals surface area (Å²) in [6.45, 7) is 3.87. The predicted octanol–water partition coefficient (Wildman–Crippen LogP) is 1.69. The Kier molecular flexibility index (Phi) is 8.38. The van der Waals surface area contributed by atoms with Gasteiger partial charge in [-0.2, -0.15) is 0 Å². The average Bonchev–Trinajstić information content (AvgIpc) is 3.35. The number of ether oxygens (including phenoxy) is 3. The molecule has 0 unspecified atom stereocenters. The van der Waals surface area contributed by atoms with Crippen molar-refractivity contribution >= 4 is 17.5 Å². The number of para-hydroxylation sites is 1. The molecule has 0 aromatic heterocycles. The first kappa shape index (κ1) is 24.7. The molecule has 2 aliphatic rings. The van der Waals surface area contributed by atoms with Crippen LogP contribution in [0.15, 0.2) is 42.5 Å². The Morgan fingerprint density at radius 2 is 1.77 bits per heavy atom.